The number of ether oxygens (including phenoxy) is 1. The molecular weight excluding hydrogens is 354 g/mol. The minimum atomic E-state index is -1.14. The topological polar surface area (TPSA) is 60.3 Å². The lowest BCUT2D eigenvalue weighted by atomic mass is 10.2. The molecule has 0 spiro atoms. The van der Waals surface area contributed by atoms with Crippen molar-refractivity contribution in [3.63, 3.8) is 0 Å². The van der Waals surface area contributed by atoms with Crippen LogP contribution in [0.15, 0.2) is 48.5 Å². The van der Waals surface area contributed by atoms with Gasteiger partial charge in [-0.1, -0.05) is 18.2 Å². The number of fused-ring (bicyclic) bond motifs is 1. The van der Waals surface area contributed by atoms with Crippen molar-refractivity contribution in [1.29, 1.82) is 0 Å². The van der Waals surface area contributed by atoms with E-state index >= 15 is 0 Å². The molecule has 1 heterocycles. The Bertz CT molecular complexity index is 1010. The second-order valence-corrected chi connectivity index (χ2v) is 6.18. The zero-order valence-electron chi connectivity index (χ0n) is 14.8. The first-order valence-electron chi connectivity index (χ1n) is 8.35. The van der Waals surface area contributed by atoms with Crippen LogP contribution in [-0.2, 0) is 20.9 Å². The molecule has 1 unspecified atom stereocenters. The Morgan fingerprint density at radius 2 is 1.89 bits per heavy atom. The Hall–Kier alpha value is -3.22. The van der Waals surface area contributed by atoms with E-state index in [2.05, 4.69) is 5.32 Å². The molecule has 0 aliphatic carbocycles. The molecule has 2 aromatic carbocycles. The summed E-state index contributed by atoms with van der Waals surface area (Å²) < 4.78 is 33.5. The normalized spacial score (nSPS) is 12.0. The third kappa shape index (κ3) is 4.13. The lowest BCUT2D eigenvalue weighted by Gasteiger charge is -2.15. The second kappa shape index (κ2) is 7.57. The summed E-state index contributed by atoms with van der Waals surface area (Å²) >= 11 is 0. The van der Waals surface area contributed by atoms with Crippen LogP contribution >= 0.6 is 0 Å². The van der Waals surface area contributed by atoms with Crippen LogP contribution in [0.5, 0.6) is 0 Å². The SMILES string of the molecule is Cc1cc2ccccc2n1CC(=O)OC(C)C(=O)Nc1ccc(F)cc1F. The minimum Gasteiger partial charge on any atom is -0.451 e. The standard InChI is InChI=1S/C20H18F2N2O3/c1-12-9-14-5-3-4-6-18(14)24(12)11-19(25)27-13(2)20(26)23-17-8-7-15(21)10-16(17)22/h3-10,13H,11H2,1-2H3,(H,23,26). The van der Waals surface area contributed by atoms with E-state index in [0.29, 0.717) is 6.07 Å². The second-order valence-electron chi connectivity index (χ2n) is 6.18. The molecule has 1 amide bonds. The monoisotopic (exact) mass is 372 g/mol. The van der Waals surface area contributed by atoms with E-state index in [9.17, 15) is 18.4 Å². The number of carbonyl (C=O) groups is 2. The lowest BCUT2D eigenvalue weighted by molar-refractivity contribution is -0.153. The van der Waals surface area contributed by atoms with Crippen LogP contribution in [-0.4, -0.2) is 22.5 Å². The summed E-state index contributed by atoms with van der Waals surface area (Å²) in [6, 6.07) is 12.4. The van der Waals surface area contributed by atoms with Gasteiger partial charge in [0.1, 0.15) is 18.2 Å². The van der Waals surface area contributed by atoms with Crippen LogP contribution in [0, 0.1) is 18.6 Å². The summed E-state index contributed by atoms with van der Waals surface area (Å²) in [5.41, 5.74) is 1.59. The Balaban J connectivity index is 1.64. The Morgan fingerprint density at radius 1 is 1.15 bits per heavy atom. The maximum atomic E-state index is 13.6. The summed E-state index contributed by atoms with van der Waals surface area (Å²) in [6.45, 7) is 3.21. The highest BCUT2D eigenvalue weighted by Crippen LogP contribution is 2.19. The van der Waals surface area contributed by atoms with Gasteiger partial charge in [0.05, 0.1) is 5.69 Å². The fourth-order valence-corrected chi connectivity index (χ4v) is 2.80. The van der Waals surface area contributed by atoms with Crippen LogP contribution in [0.2, 0.25) is 0 Å². The number of amides is 1. The molecule has 1 N–H and O–H groups in total. The average molecular weight is 372 g/mol. The molecule has 140 valence electrons. The van der Waals surface area contributed by atoms with Gasteiger partial charge in [-0.05, 0) is 43.5 Å². The van der Waals surface area contributed by atoms with Gasteiger partial charge >= 0.3 is 5.97 Å². The van der Waals surface area contributed by atoms with Crippen molar-refractivity contribution in [2.24, 2.45) is 0 Å². The summed E-state index contributed by atoms with van der Waals surface area (Å²) in [5, 5.41) is 3.28. The quantitative estimate of drug-likeness (QED) is 0.693. The number of hydrogen-bond acceptors (Lipinski definition) is 3. The molecule has 7 heteroatoms. The van der Waals surface area contributed by atoms with E-state index in [1.807, 2.05) is 37.3 Å². The molecule has 3 aromatic rings. The highest BCUT2D eigenvalue weighted by atomic mass is 19.1. The molecule has 0 bridgehead atoms. The van der Waals surface area contributed by atoms with Crippen molar-refractivity contribution in [2.75, 3.05) is 5.32 Å². The predicted molar refractivity (Wildman–Crippen MR) is 97.2 cm³/mol. The smallest absolute Gasteiger partial charge is 0.326 e. The number of aryl methyl sites for hydroxylation is 1. The fourth-order valence-electron chi connectivity index (χ4n) is 2.80. The number of hydrogen-bond donors (Lipinski definition) is 1. The molecule has 0 saturated heterocycles. The number of nitrogens with one attached hydrogen (secondary N) is 1. The Labute approximate surface area is 154 Å². The number of aromatic nitrogens is 1. The van der Waals surface area contributed by atoms with Crippen LogP contribution in [0.25, 0.3) is 10.9 Å². The molecule has 0 radical (unpaired) electrons. The van der Waals surface area contributed by atoms with Crippen molar-refractivity contribution >= 4 is 28.5 Å². The van der Waals surface area contributed by atoms with Crippen LogP contribution in [0.1, 0.15) is 12.6 Å². The number of benzene rings is 2. The molecule has 5 nitrogen and oxygen atoms in total. The minimum absolute atomic E-state index is 0.0537. The molecule has 3 rings (SSSR count). The van der Waals surface area contributed by atoms with Gasteiger partial charge in [-0.15, -0.1) is 0 Å². The van der Waals surface area contributed by atoms with E-state index in [4.69, 9.17) is 4.74 Å². The van der Waals surface area contributed by atoms with Gasteiger partial charge in [0.2, 0.25) is 0 Å². The van der Waals surface area contributed by atoms with Crippen molar-refractivity contribution in [3.8, 4) is 0 Å². The van der Waals surface area contributed by atoms with E-state index in [-0.39, 0.29) is 12.2 Å². The highest BCUT2D eigenvalue weighted by Gasteiger charge is 2.20. The number of anilines is 1. The molecule has 0 fully saturated rings. The zero-order valence-corrected chi connectivity index (χ0v) is 14.8. The average Bonchev–Trinajstić information content (AvgIpc) is 2.93. The molecular formula is C20H18F2N2O3. The fraction of sp³-hybridized carbons (Fsp3) is 0.200. The summed E-state index contributed by atoms with van der Waals surface area (Å²) in [6.07, 6.45) is -1.14. The van der Waals surface area contributed by atoms with Gasteiger partial charge in [-0.3, -0.25) is 9.59 Å². The van der Waals surface area contributed by atoms with Crippen LogP contribution < -0.4 is 5.32 Å². The maximum Gasteiger partial charge on any atom is 0.326 e. The van der Waals surface area contributed by atoms with E-state index in [1.165, 1.54) is 6.92 Å². The third-order valence-corrected chi connectivity index (χ3v) is 4.17. The number of rotatable bonds is 5. The molecule has 0 saturated carbocycles. The first-order chi connectivity index (χ1) is 12.8. The Morgan fingerprint density at radius 3 is 2.63 bits per heavy atom. The van der Waals surface area contributed by atoms with Crippen LogP contribution in [0.4, 0.5) is 14.5 Å². The van der Waals surface area contributed by atoms with E-state index < -0.39 is 29.6 Å². The largest absolute Gasteiger partial charge is 0.451 e. The molecule has 0 aliphatic heterocycles. The van der Waals surface area contributed by atoms with E-state index in [1.54, 1.807) is 4.57 Å². The third-order valence-electron chi connectivity index (χ3n) is 4.17. The van der Waals surface area contributed by atoms with Crippen molar-refractivity contribution < 1.29 is 23.1 Å². The van der Waals surface area contributed by atoms with Crippen LogP contribution in [0.3, 0.4) is 0 Å². The predicted octanol–water partition coefficient (Wildman–Crippen LogP) is 3.80. The number of para-hydroxylation sites is 1. The van der Waals surface area contributed by atoms with Gasteiger partial charge in [-0.2, -0.15) is 0 Å². The molecule has 1 atom stereocenters. The number of carbonyl (C=O) groups excluding carboxylic acids is 2. The van der Waals surface area contributed by atoms with Crippen molar-refractivity contribution in [2.45, 2.75) is 26.5 Å². The van der Waals surface area contributed by atoms with Crippen molar-refractivity contribution in [3.05, 3.63) is 65.9 Å². The molecule has 1 aromatic heterocycles. The Kier molecular flexibility index (Phi) is 5.21. The first kappa shape index (κ1) is 18.6. The summed E-state index contributed by atoms with van der Waals surface area (Å²) in [7, 11) is 0. The number of halogens is 2. The van der Waals surface area contributed by atoms with E-state index in [0.717, 1.165) is 28.7 Å². The van der Waals surface area contributed by atoms with Gasteiger partial charge < -0.3 is 14.6 Å². The molecule has 27 heavy (non-hydrogen) atoms. The zero-order chi connectivity index (χ0) is 19.6. The van der Waals surface area contributed by atoms with Crippen molar-refractivity contribution in [1.82, 2.24) is 4.57 Å². The van der Waals surface area contributed by atoms with Gasteiger partial charge in [-0.25, -0.2) is 8.78 Å². The highest BCUT2D eigenvalue weighted by molar-refractivity contribution is 5.95. The van der Waals surface area contributed by atoms with Gasteiger partial charge in [0, 0.05) is 17.3 Å². The lowest BCUT2D eigenvalue weighted by Crippen LogP contribution is -2.31. The molecule has 0 aliphatic rings. The first-order valence-corrected chi connectivity index (χ1v) is 8.35. The van der Waals surface area contributed by atoms with Gasteiger partial charge in [0.25, 0.3) is 5.91 Å². The van der Waals surface area contributed by atoms with Gasteiger partial charge in [0.15, 0.2) is 6.10 Å². The number of nitrogens with zero attached hydrogens (tertiary/aromatic N) is 1. The maximum absolute atomic E-state index is 13.6. The summed E-state index contributed by atoms with van der Waals surface area (Å²) in [4.78, 5) is 24.3. The summed E-state index contributed by atoms with van der Waals surface area (Å²) in [5.74, 6) is -2.96. The number of esters is 1.